The van der Waals surface area contributed by atoms with Gasteiger partial charge in [0.25, 0.3) is 0 Å². The Balaban J connectivity index is 4.07. The fourth-order valence-corrected chi connectivity index (χ4v) is 2.87. The fraction of sp³-hybridized carbons (Fsp3) is 0.500. The highest BCUT2D eigenvalue weighted by Crippen LogP contribution is 2.16. The van der Waals surface area contributed by atoms with Crippen LogP contribution in [0.15, 0.2) is 28.4 Å². The molecular formula is C10H15ClOS2. The number of rotatable bonds is 5. The third kappa shape index (κ3) is 6.50. The predicted octanol–water partition coefficient (Wildman–Crippen LogP) is 3.65. The van der Waals surface area contributed by atoms with E-state index in [0.29, 0.717) is 5.88 Å². The molecule has 0 aliphatic heterocycles. The van der Waals surface area contributed by atoms with Crippen molar-refractivity contribution in [3.05, 3.63) is 28.4 Å². The molecule has 0 aliphatic rings. The first-order valence-corrected chi connectivity index (χ1v) is 7.49. The normalized spacial score (nSPS) is 14.0. The van der Waals surface area contributed by atoms with Gasteiger partial charge in [0.2, 0.25) is 0 Å². The molecule has 1 atom stereocenters. The summed E-state index contributed by atoms with van der Waals surface area (Å²) in [6.45, 7) is 5.86. The van der Waals surface area contributed by atoms with Crippen LogP contribution in [0.2, 0.25) is 0 Å². The largest absolute Gasteiger partial charge is 0.243 e. The number of halogens is 1. The first kappa shape index (κ1) is 14.1. The number of allylic oxidation sites excluding steroid dienone is 2. The van der Waals surface area contributed by atoms with Crippen molar-refractivity contribution in [1.29, 1.82) is 0 Å². The van der Waals surface area contributed by atoms with Gasteiger partial charge in [-0.2, -0.15) is 0 Å². The molecule has 0 bridgehead atoms. The minimum atomic E-state index is -0.987. The lowest BCUT2D eigenvalue weighted by Gasteiger charge is -2.02. The molecule has 0 heterocycles. The first-order chi connectivity index (χ1) is 6.61. The van der Waals surface area contributed by atoms with Crippen molar-refractivity contribution in [3.8, 4) is 0 Å². The molecule has 14 heavy (non-hydrogen) atoms. The van der Waals surface area contributed by atoms with Crippen molar-refractivity contribution in [2.75, 3.05) is 11.6 Å². The highest BCUT2D eigenvalue weighted by Gasteiger charge is 1.99. The van der Waals surface area contributed by atoms with E-state index in [1.54, 1.807) is 11.5 Å². The maximum Gasteiger partial charge on any atom is 0.113 e. The van der Waals surface area contributed by atoms with Gasteiger partial charge in [-0.3, -0.25) is 0 Å². The van der Waals surface area contributed by atoms with Crippen molar-refractivity contribution >= 4 is 32.2 Å². The molecule has 1 nitrogen and oxygen atoms in total. The molecule has 0 aromatic rings. The molecule has 0 aromatic heterocycles. The molecule has 0 radical (unpaired) electrons. The molecule has 0 aromatic carbocycles. The zero-order valence-corrected chi connectivity index (χ0v) is 11.1. The van der Waals surface area contributed by atoms with Crippen LogP contribution >= 0.6 is 22.4 Å². The Morgan fingerprint density at radius 2 is 2.14 bits per heavy atom. The van der Waals surface area contributed by atoms with E-state index in [1.165, 1.54) is 16.4 Å². The Bertz CT molecular complexity index is 288. The van der Waals surface area contributed by atoms with Crippen LogP contribution < -0.4 is 0 Å². The summed E-state index contributed by atoms with van der Waals surface area (Å²) in [6, 6.07) is 0. The highest BCUT2D eigenvalue weighted by molar-refractivity contribution is 8.70. The van der Waals surface area contributed by atoms with Crippen LogP contribution in [0.1, 0.15) is 20.8 Å². The van der Waals surface area contributed by atoms with Crippen molar-refractivity contribution in [3.63, 3.8) is 0 Å². The summed E-state index contributed by atoms with van der Waals surface area (Å²) in [5, 5.41) is 1.56. The molecule has 4 heteroatoms. The first-order valence-electron chi connectivity index (χ1n) is 4.24. The fourth-order valence-electron chi connectivity index (χ4n) is 0.541. The lowest BCUT2D eigenvalue weighted by atomic mass is 10.2. The third-order valence-corrected chi connectivity index (χ3v) is 4.50. The summed E-state index contributed by atoms with van der Waals surface area (Å²) in [7, 11) is 0.399. The lowest BCUT2D eigenvalue weighted by molar-refractivity contribution is 0.696. The van der Waals surface area contributed by atoms with E-state index in [9.17, 15) is 4.21 Å². The molecule has 0 fully saturated rings. The Morgan fingerprint density at radius 3 is 2.64 bits per heavy atom. The third-order valence-electron chi connectivity index (χ3n) is 1.65. The molecule has 0 rings (SSSR count). The molecule has 0 saturated carbocycles. The van der Waals surface area contributed by atoms with E-state index in [1.807, 2.05) is 20.8 Å². The van der Waals surface area contributed by atoms with E-state index in [-0.39, 0.29) is 0 Å². The number of hydrogen-bond acceptors (Lipinski definition) is 2. The van der Waals surface area contributed by atoms with Crippen LogP contribution in [-0.4, -0.2) is 15.8 Å². The summed E-state index contributed by atoms with van der Waals surface area (Å²) >= 11 is 5.68. The Labute approximate surface area is 97.2 Å². The number of hydrogen-bond donors (Lipinski definition) is 0. The average Bonchev–Trinajstić information content (AvgIpc) is 2.21. The van der Waals surface area contributed by atoms with Crippen LogP contribution in [0.4, 0.5) is 0 Å². The quantitative estimate of drug-likeness (QED) is 0.321. The summed E-state index contributed by atoms with van der Waals surface area (Å²) in [6.07, 6.45) is 1.74. The summed E-state index contributed by atoms with van der Waals surface area (Å²) in [5.41, 5.74) is 5.16. The molecule has 0 saturated heterocycles. The van der Waals surface area contributed by atoms with E-state index in [2.05, 4.69) is 5.73 Å². The Hall–Kier alpha value is 0.0500. The van der Waals surface area contributed by atoms with Crippen LogP contribution in [0.3, 0.4) is 0 Å². The van der Waals surface area contributed by atoms with Crippen molar-refractivity contribution in [2.24, 2.45) is 0 Å². The monoisotopic (exact) mass is 250 g/mol. The van der Waals surface area contributed by atoms with Gasteiger partial charge in [-0.25, -0.2) is 4.21 Å². The maximum atomic E-state index is 11.3. The summed E-state index contributed by atoms with van der Waals surface area (Å²) < 4.78 is 11.3. The van der Waals surface area contributed by atoms with Gasteiger partial charge in [-0.15, -0.1) is 17.3 Å². The predicted molar refractivity (Wildman–Crippen MR) is 68.0 cm³/mol. The molecule has 0 aliphatic carbocycles. The standard InChI is InChI=1S/C10H15ClOS2/c1-4-5-6-14(12)13-8-10(3)9(2)7-11/h4,6H,7-8H2,1-3H3/b10-9+. The van der Waals surface area contributed by atoms with Gasteiger partial charge in [0, 0.05) is 11.6 Å². The second-order valence-electron chi connectivity index (χ2n) is 2.79. The summed E-state index contributed by atoms with van der Waals surface area (Å²) in [4.78, 5) is 0. The van der Waals surface area contributed by atoms with Gasteiger partial charge >= 0.3 is 0 Å². The zero-order valence-electron chi connectivity index (χ0n) is 8.67. The van der Waals surface area contributed by atoms with E-state index in [4.69, 9.17) is 11.6 Å². The van der Waals surface area contributed by atoms with Crippen LogP contribution in [0.25, 0.3) is 0 Å². The van der Waals surface area contributed by atoms with Crippen LogP contribution in [0, 0.1) is 0 Å². The molecule has 0 spiro atoms. The van der Waals surface area contributed by atoms with Crippen molar-refractivity contribution < 1.29 is 4.21 Å². The zero-order chi connectivity index (χ0) is 11.0. The van der Waals surface area contributed by atoms with Gasteiger partial charge in [-0.1, -0.05) is 21.9 Å². The highest BCUT2D eigenvalue weighted by atomic mass is 35.5. The molecule has 80 valence electrons. The smallest absolute Gasteiger partial charge is 0.113 e. The minimum absolute atomic E-state index is 0.545. The van der Waals surface area contributed by atoms with Crippen LogP contribution in [0.5, 0.6) is 0 Å². The van der Waals surface area contributed by atoms with Gasteiger partial charge in [-0.05, 0) is 26.8 Å². The van der Waals surface area contributed by atoms with Gasteiger partial charge in [0.05, 0.1) is 5.41 Å². The van der Waals surface area contributed by atoms with E-state index >= 15 is 0 Å². The van der Waals surface area contributed by atoms with Gasteiger partial charge < -0.3 is 0 Å². The molecular weight excluding hydrogens is 236 g/mol. The maximum absolute atomic E-state index is 11.3. The van der Waals surface area contributed by atoms with Gasteiger partial charge in [0.15, 0.2) is 0 Å². The van der Waals surface area contributed by atoms with Crippen LogP contribution in [-0.2, 0) is 9.83 Å². The molecule has 0 amide bonds. The topological polar surface area (TPSA) is 17.1 Å². The second-order valence-corrected chi connectivity index (χ2v) is 6.03. The lowest BCUT2D eigenvalue weighted by Crippen LogP contribution is -1.90. The van der Waals surface area contributed by atoms with E-state index in [0.717, 1.165) is 11.3 Å². The summed E-state index contributed by atoms with van der Waals surface area (Å²) in [5.74, 6) is 1.30. The molecule has 0 N–H and O–H groups in total. The molecule has 1 unspecified atom stereocenters. The minimum Gasteiger partial charge on any atom is -0.243 e. The second kappa shape index (κ2) is 8.37. The van der Waals surface area contributed by atoms with Crippen molar-refractivity contribution in [2.45, 2.75) is 20.8 Å². The SMILES string of the molecule is CC=C=CS(=O)SC/C(C)=C(\C)CCl. The Kier molecular flexibility index (Phi) is 8.40. The van der Waals surface area contributed by atoms with Gasteiger partial charge in [0.1, 0.15) is 9.83 Å². The average molecular weight is 251 g/mol. The Morgan fingerprint density at radius 1 is 1.50 bits per heavy atom. The van der Waals surface area contributed by atoms with E-state index < -0.39 is 9.83 Å². The van der Waals surface area contributed by atoms with Crippen molar-refractivity contribution in [1.82, 2.24) is 0 Å². The number of alkyl halides is 1.